The Morgan fingerprint density at radius 1 is 0.583 bits per heavy atom. The first-order valence-corrected chi connectivity index (χ1v) is 13.0. The fourth-order valence-electron chi connectivity index (χ4n) is 8.98. The molecule has 0 saturated carbocycles. The molecule has 0 radical (unpaired) electrons. The highest BCUT2D eigenvalue weighted by molar-refractivity contribution is 5.84. The van der Waals surface area contributed by atoms with E-state index in [-0.39, 0.29) is 21.7 Å². The van der Waals surface area contributed by atoms with Gasteiger partial charge in [-0.3, -0.25) is 0 Å². The molecule has 8 rings (SSSR count). The van der Waals surface area contributed by atoms with Gasteiger partial charge in [-0.05, 0) is 51.1 Å². The van der Waals surface area contributed by atoms with Gasteiger partial charge in [0.15, 0.2) is 0 Å². The molecule has 3 nitrogen and oxygen atoms in total. The fourth-order valence-corrected chi connectivity index (χ4v) is 8.98. The Labute approximate surface area is 211 Å². The minimum absolute atomic E-state index is 0.0563. The lowest BCUT2D eigenvalue weighted by Gasteiger charge is -2.49. The zero-order valence-corrected chi connectivity index (χ0v) is 21.2. The molecule has 4 aromatic carbocycles. The standard InChI is InChI=1S/C33H29N3/c1-30-22-14-8-10-16-24(22)31(2)26-18-28-29(36(35-34-28)20-21-12-6-5-7-13-21)19-27(26)32(3,33(30,31)4)25-17-11-9-15-23(25)30/h5-19H,20H2,1-4H3/t30-,31+,32-,33+/m1/s1. The summed E-state index contributed by atoms with van der Waals surface area (Å²) >= 11 is 0. The molecule has 5 aromatic rings. The van der Waals surface area contributed by atoms with Crippen LogP contribution in [0, 0.1) is 5.41 Å². The number of aromatic nitrogens is 3. The van der Waals surface area contributed by atoms with Crippen LogP contribution in [-0.4, -0.2) is 15.0 Å². The van der Waals surface area contributed by atoms with Crippen molar-refractivity contribution in [2.45, 2.75) is 50.5 Å². The second-order valence-corrected chi connectivity index (χ2v) is 11.7. The summed E-state index contributed by atoms with van der Waals surface area (Å²) < 4.78 is 2.07. The van der Waals surface area contributed by atoms with Crippen molar-refractivity contribution in [1.29, 1.82) is 0 Å². The Morgan fingerprint density at radius 3 is 1.61 bits per heavy atom. The molecule has 36 heavy (non-hydrogen) atoms. The quantitative estimate of drug-likeness (QED) is 0.288. The summed E-state index contributed by atoms with van der Waals surface area (Å²) in [5, 5.41) is 9.29. The molecule has 0 saturated heterocycles. The average molecular weight is 468 g/mol. The Bertz CT molecular complexity index is 1730. The maximum absolute atomic E-state index is 4.68. The predicted octanol–water partition coefficient (Wildman–Crippen LogP) is 6.74. The highest BCUT2D eigenvalue weighted by Gasteiger charge is 2.79. The first-order chi connectivity index (χ1) is 17.4. The third-order valence-corrected chi connectivity index (χ3v) is 10.9. The van der Waals surface area contributed by atoms with Crippen LogP contribution in [-0.2, 0) is 22.8 Å². The molecule has 3 aliphatic carbocycles. The highest BCUT2D eigenvalue weighted by atomic mass is 15.4. The van der Waals surface area contributed by atoms with Gasteiger partial charge >= 0.3 is 0 Å². The topological polar surface area (TPSA) is 30.7 Å². The molecule has 0 N–H and O–H groups in total. The molecule has 0 amide bonds. The van der Waals surface area contributed by atoms with Crippen molar-refractivity contribution in [3.63, 3.8) is 0 Å². The first-order valence-electron chi connectivity index (χ1n) is 13.0. The van der Waals surface area contributed by atoms with Crippen LogP contribution >= 0.6 is 0 Å². The van der Waals surface area contributed by atoms with Crippen LogP contribution in [0.1, 0.15) is 66.6 Å². The highest BCUT2D eigenvalue weighted by Crippen LogP contribution is 2.82. The largest absolute Gasteiger partial charge is 0.240 e. The van der Waals surface area contributed by atoms with Gasteiger partial charge in [-0.2, -0.15) is 0 Å². The second kappa shape index (κ2) is 6.15. The smallest absolute Gasteiger partial charge is 0.113 e. The third kappa shape index (κ3) is 1.86. The van der Waals surface area contributed by atoms with Gasteiger partial charge in [0.2, 0.25) is 0 Å². The molecule has 1 heterocycles. The van der Waals surface area contributed by atoms with E-state index in [0.717, 1.165) is 17.6 Å². The predicted molar refractivity (Wildman–Crippen MR) is 143 cm³/mol. The van der Waals surface area contributed by atoms with Crippen molar-refractivity contribution in [3.05, 3.63) is 130 Å². The molecule has 0 aliphatic heterocycles. The van der Waals surface area contributed by atoms with E-state index in [1.54, 1.807) is 0 Å². The van der Waals surface area contributed by atoms with Crippen LogP contribution in [0.5, 0.6) is 0 Å². The van der Waals surface area contributed by atoms with Gasteiger partial charge in [0.05, 0.1) is 12.1 Å². The third-order valence-electron chi connectivity index (χ3n) is 10.9. The van der Waals surface area contributed by atoms with Crippen LogP contribution in [0.3, 0.4) is 0 Å². The molecule has 0 bridgehead atoms. The zero-order chi connectivity index (χ0) is 24.5. The van der Waals surface area contributed by atoms with Crippen molar-refractivity contribution in [2.75, 3.05) is 0 Å². The summed E-state index contributed by atoms with van der Waals surface area (Å²) in [4.78, 5) is 0. The summed E-state index contributed by atoms with van der Waals surface area (Å²) in [7, 11) is 0. The molecule has 0 unspecified atom stereocenters. The number of hydrogen-bond acceptors (Lipinski definition) is 2. The van der Waals surface area contributed by atoms with E-state index < -0.39 is 0 Å². The van der Waals surface area contributed by atoms with E-state index >= 15 is 0 Å². The molecule has 3 heteroatoms. The van der Waals surface area contributed by atoms with Gasteiger partial charge in [0, 0.05) is 21.7 Å². The van der Waals surface area contributed by atoms with Crippen LogP contribution in [0.4, 0.5) is 0 Å². The Balaban J connectivity index is 1.48. The van der Waals surface area contributed by atoms with E-state index in [1.165, 1.54) is 38.9 Å². The monoisotopic (exact) mass is 467 g/mol. The molecule has 3 aliphatic rings. The fraction of sp³-hybridized carbons (Fsp3) is 0.273. The van der Waals surface area contributed by atoms with Gasteiger partial charge in [-0.25, -0.2) is 4.68 Å². The van der Waals surface area contributed by atoms with E-state index in [2.05, 4.69) is 134 Å². The van der Waals surface area contributed by atoms with Gasteiger partial charge in [0.1, 0.15) is 5.52 Å². The summed E-state index contributed by atoms with van der Waals surface area (Å²) in [6, 6.07) is 33.7. The normalized spacial score (nSPS) is 30.8. The first kappa shape index (κ1) is 20.5. The van der Waals surface area contributed by atoms with Gasteiger partial charge in [0.25, 0.3) is 0 Å². The molecule has 4 atom stereocenters. The Hall–Kier alpha value is -3.72. The molecular weight excluding hydrogens is 438 g/mol. The molecule has 1 aromatic heterocycles. The summed E-state index contributed by atoms with van der Waals surface area (Å²) in [6.45, 7) is 10.8. The summed E-state index contributed by atoms with van der Waals surface area (Å²) in [5.74, 6) is 0. The van der Waals surface area contributed by atoms with Gasteiger partial charge in [-0.15, -0.1) is 5.10 Å². The lowest BCUT2D eigenvalue weighted by atomic mass is 9.52. The zero-order valence-electron chi connectivity index (χ0n) is 21.2. The minimum Gasteiger partial charge on any atom is -0.240 e. The van der Waals surface area contributed by atoms with E-state index in [4.69, 9.17) is 0 Å². The summed E-state index contributed by atoms with van der Waals surface area (Å²) in [5.41, 5.74) is 11.6. The second-order valence-electron chi connectivity index (χ2n) is 11.7. The number of benzene rings is 4. The molecule has 0 spiro atoms. The Kier molecular flexibility index (Phi) is 3.50. The number of fused-ring (bicyclic) bond motifs is 10. The van der Waals surface area contributed by atoms with Gasteiger partial charge < -0.3 is 0 Å². The number of hydrogen-bond donors (Lipinski definition) is 0. The van der Waals surface area contributed by atoms with Crippen molar-refractivity contribution >= 4 is 11.0 Å². The van der Waals surface area contributed by atoms with Crippen LogP contribution in [0.15, 0.2) is 91.0 Å². The lowest BCUT2D eigenvalue weighted by molar-refractivity contribution is 0.0997. The molecular formula is C33H29N3. The number of rotatable bonds is 2. The molecule has 176 valence electrons. The van der Waals surface area contributed by atoms with Gasteiger partial charge in [-0.1, -0.05) is 112 Å². The SMILES string of the molecule is C[C@@]12c3ccccc3[C@@]3(C)c4cc5nnn(Cc6ccccc6)c5cc4[C@@](C)(c4ccccc41)[C@@]23C. The van der Waals surface area contributed by atoms with Crippen molar-refractivity contribution in [2.24, 2.45) is 5.41 Å². The van der Waals surface area contributed by atoms with Crippen LogP contribution in [0.25, 0.3) is 11.0 Å². The van der Waals surface area contributed by atoms with Crippen molar-refractivity contribution < 1.29 is 0 Å². The summed E-state index contributed by atoms with van der Waals surface area (Å²) in [6.07, 6.45) is 0. The Morgan fingerprint density at radius 2 is 1.06 bits per heavy atom. The van der Waals surface area contributed by atoms with Crippen molar-refractivity contribution in [1.82, 2.24) is 15.0 Å². The number of nitrogens with zero attached hydrogens (tertiary/aromatic N) is 3. The van der Waals surface area contributed by atoms with E-state index in [0.29, 0.717) is 0 Å². The van der Waals surface area contributed by atoms with Crippen LogP contribution in [0.2, 0.25) is 0 Å². The average Bonchev–Trinajstić information content (AvgIpc) is 3.48. The van der Waals surface area contributed by atoms with Crippen LogP contribution < -0.4 is 0 Å². The van der Waals surface area contributed by atoms with E-state index in [1.807, 2.05) is 0 Å². The lowest BCUT2D eigenvalue weighted by Crippen LogP contribution is -2.51. The van der Waals surface area contributed by atoms with Crippen molar-refractivity contribution in [3.8, 4) is 0 Å². The molecule has 0 fully saturated rings. The van der Waals surface area contributed by atoms with E-state index in [9.17, 15) is 0 Å². The minimum atomic E-state index is -0.141. The maximum Gasteiger partial charge on any atom is 0.113 e. The maximum atomic E-state index is 4.68.